The molecule has 226 valence electrons. The van der Waals surface area contributed by atoms with E-state index in [1.165, 1.54) is 11.8 Å². The maximum Gasteiger partial charge on any atom is 0.280 e. The van der Waals surface area contributed by atoms with Crippen LogP contribution in [0, 0.1) is 5.92 Å². The van der Waals surface area contributed by atoms with Crippen molar-refractivity contribution in [3.8, 4) is 0 Å². The second-order valence-corrected chi connectivity index (χ2v) is 12.8. The smallest absolute Gasteiger partial charge is 0.280 e. The van der Waals surface area contributed by atoms with E-state index in [0.29, 0.717) is 50.0 Å². The molecule has 1 aliphatic carbocycles. The number of ketones is 1. The zero-order valence-corrected chi connectivity index (χ0v) is 24.4. The van der Waals surface area contributed by atoms with Gasteiger partial charge < -0.3 is 26.0 Å². The van der Waals surface area contributed by atoms with Crippen molar-refractivity contribution >= 4 is 29.2 Å². The number of fused-ring (bicyclic) bond motifs is 6. The van der Waals surface area contributed by atoms with Crippen LogP contribution in [0.25, 0.3) is 0 Å². The molecule has 5 aliphatic rings. The van der Waals surface area contributed by atoms with Gasteiger partial charge >= 0.3 is 0 Å². The summed E-state index contributed by atoms with van der Waals surface area (Å²) in [6.45, 7) is 2.32. The molecule has 0 saturated carbocycles. The van der Waals surface area contributed by atoms with Crippen molar-refractivity contribution < 1.29 is 29.0 Å². The monoisotopic (exact) mass is 587 g/mol. The summed E-state index contributed by atoms with van der Waals surface area (Å²) >= 11 is 0. The molecule has 4 heterocycles. The standard InChI is InChI=1S/C32H37N5O6/c1-31(34-28(39)19-15-21-20-10-6-11-22(33)27(20)25(38)16-23(21)35(2)17-19)30(41)37-24(14-18-8-4-3-5-9-18)29(40)36-13-7-12-26(36)32(37,42)43-31/h3-6,8-11,19,21,23-24,26,42H,7,12-17,33H2,1-2H3,(H,34,39)/t19-,21-,23-,24+,26?,31-,32+/m1/s1. The molecule has 4 fully saturated rings. The zero-order valence-electron chi connectivity index (χ0n) is 24.4. The Bertz CT molecular complexity index is 1520. The number of nitrogens with one attached hydrogen (secondary N) is 1. The molecule has 0 radical (unpaired) electrons. The lowest BCUT2D eigenvalue weighted by atomic mass is 9.71. The lowest BCUT2D eigenvalue weighted by Crippen LogP contribution is -2.71. The predicted molar refractivity (Wildman–Crippen MR) is 155 cm³/mol. The van der Waals surface area contributed by atoms with Gasteiger partial charge in [-0.1, -0.05) is 42.5 Å². The third-order valence-electron chi connectivity index (χ3n) is 10.2. The number of carbonyl (C=O) groups is 4. The summed E-state index contributed by atoms with van der Waals surface area (Å²) in [5.41, 5.74) is 6.97. The van der Waals surface area contributed by atoms with E-state index in [0.717, 1.165) is 11.1 Å². The van der Waals surface area contributed by atoms with Crippen LogP contribution in [0.15, 0.2) is 48.5 Å². The minimum absolute atomic E-state index is 0.00650. The number of Topliss-reactive ketones (excluding diaryl/α,β-unsaturated/α-hetero) is 1. The van der Waals surface area contributed by atoms with Crippen molar-refractivity contribution in [2.75, 3.05) is 25.9 Å². The number of amides is 3. The molecule has 7 rings (SSSR count). The number of benzene rings is 2. The van der Waals surface area contributed by atoms with Gasteiger partial charge in [0.25, 0.3) is 11.8 Å². The van der Waals surface area contributed by atoms with Crippen LogP contribution in [-0.2, 0) is 25.5 Å². The SMILES string of the molecule is CN1C[C@H](C(=O)N[C@]2(C)O[C@@]3(O)C4CCCN4C(=O)[C@H](Cc4ccccc4)N3C2=O)C[C@@H]2c3cccc(N)c3C(=O)C[C@H]21. The van der Waals surface area contributed by atoms with E-state index in [-0.39, 0.29) is 36.0 Å². The topological polar surface area (TPSA) is 146 Å². The first-order valence-corrected chi connectivity index (χ1v) is 15.1. The van der Waals surface area contributed by atoms with E-state index >= 15 is 0 Å². The van der Waals surface area contributed by atoms with Crippen molar-refractivity contribution in [3.63, 3.8) is 0 Å². The molecule has 1 unspecified atom stereocenters. The van der Waals surface area contributed by atoms with E-state index in [1.807, 2.05) is 54.4 Å². The van der Waals surface area contributed by atoms with Crippen molar-refractivity contribution in [1.82, 2.24) is 20.0 Å². The Kier molecular flexibility index (Phi) is 6.42. The van der Waals surface area contributed by atoms with Crippen LogP contribution in [0.5, 0.6) is 0 Å². The van der Waals surface area contributed by atoms with E-state index in [4.69, 9.17) is 10.5 Å². The Hall–Kier alpha value is -3.80. The highest BCUT2D eigenvalue weighted by molar-refractivity contribution is 6.04. The Balaban J connectivity index is 1.16. The lowest BCUT2D eigenvalue weighted by Gasteiger charge is -2.48. The zero-order chi connectivity index (χ0) is 30.3. The normalized spacial score (nSPS) is 35.3. The number of aliphatic hydroxyl groups is 1. The Morgan fingerprint density at radius 3 is 2.67 bits per heavy atom. The number of nitrogens with zero attached hydrogens (tertiary/aromatic N) is 3. The molecule has 2 aromatic rings. The molecule has 4 saturated heterocycles. The number of likely N-dealkylation sites (N-methyl/N-ethyl adjacent to an activating group) is 1. The van der Waals surface area contributed by atoms with Gasteiger partial charge in [-0.3, -0.25) is 28.8 Å². The number of rotatable bonds is 4. The summed E-state index contributed by atoms with van der Waals surface area (Å²) < 4.78 is 6.20. The summed E-state index contributed by atoms with van der Waals surface area (Å²) in [5.74, 6) is -3.93. The van der Waals surface area contributed by atoms with Gasteiger partial charge in [0.15, 0.2) is 5.78 Å². The van der Waals surface area contributed by atoms with Gasteiger partial charge in [0.1, 0.15) is 12.1 Å². The molecule has 7 atom stereocenters. The molecular weight excluding hydrogens is 550 g/mol. The minimum Gasteiger partial charge on any atom is -0.398 e. The largest absolute Gasteiger partial charge is 0.398 e. The Morgan fingerprint density at radius 2 is 1.91 bits per heavy atom. The number of piperazine rings is 1. The van der Waals surface area contributed by atoms with Crippen molar-refractivity contribution in [1.29, 1.82) is 0 Å². The number of hydrogen-bond acceptors (Lipinski definition) is 8. The second kappa shape index (κ2) is 9.87. The summed E-state index contributed by atoms with van der Waals surface area (Å²) in [6, 6.07) is 13.1. The van der Waals surface area contributed by atoms with Crippen LogP contribution in [0.4, 0.5) is 5.69 Å². The van der Waals surface area contributed by atoms with Crippen LogP contribution in [-0.4, -0.2) is 93.2 Å². The number of nitrogens with two attached hydrogens (primary N) is 1. The van der Waals surface area contributed by atoms with E-state index in [9.17, 15) is 24.3 Å². The van der Waals surface area contributed by atoms with Crippen LogP contribution in [0.2, 0.25) is 0 Å². The second-order valence-electron chi connectivity index (χ2n) is 12.8. The molecule has 11 nitrogen and oxygen atoms in total. The van der Waals surface area contributed by atoms with E-state index < -0.39 is 35.5 Å². The van der Waals surface area contributed by atoms with E-state index in [1.54, 1.807) is 11.0 Å². The molecule has 0 spiro atoms. The van der Waals surface area contributed by atoms with Gasteiger partial charge in [0.05, 0.1) is 5.92 Å². The highest BCUT2D eigenvalue weighted by Gasteiger charge is 2.70. The Morgan fingerprint density at radius 1 is 1.14 bits per heavy atom. The van der Waals surface area contributed by atoms with Crippen LogP contribution in [0.1, 0.15) is 60.0 Å². The summed E-state index contributed by atoms with van der Waals surface area (Å²) in [7, 11) is 1.90. The van der Waals surface area contributed by atoms with Crippen molar-refractivity contribution in [2.24, 2.45) is 5.92 Å². The quantitative estimate of drug-likeness (QED) is 0.453. The van der Waals surface area contributed by atoms with Gasteiger partial charge in [-0.2, -0.15) is 0 Å². The molecule has 43 heavy (non-hydrogen) atoms. The fourth-order valence-corrected chi connectivity index (χ4v) is 8.18. The number of carbonyl (C=O) groups excluding carboxylic acids is 4. The molecule has 4 N–H and O–H groups in total. The third-order valence-corrected chi connectivity index (χ3v) is 10.2. The van der Waals surface area contributed by atoms with E-state index in [2.05, 4.69) is 5.32 Å². The first kappa shape index (κ1) is 28.0. The number of piperidine rings is 1. The number of ether oxygens (including phenoxy) is 1. The first-order valence-electron chi connectivity index (χ1n) is 15.1. The summed E-state index contributed by atoms with van der Waals surface area (Å²) in [4.78, 5) is 59.5. The van der Waals surface area contributed by atoms with Gasteiger partial charge in [-0.15, -0.1) is 0 Å². The molecule has 11 heteroatoms. The van der Waals surface area contributed by atoms with Crippen LogP contribution in [0.3, 0.4) is 0 Å². The molecule has 2 aromatic carbocycles. The predicted octanol–water partition coefficient (Wildman–Crippen LogP) is 1.21. The maximum absolute atomic E-state index is 14.1. The van der Waals surface area contributed by atoms with Crippen molar-refractivity contribution in [2.45, 2.75) is 74.7 Å². The fraction of sp³-hybridized carbons (Fsp3) is 0.500. The van der Waals surface area contributed by atoms with Crippen molar-refractivity contribution in [3.05, 3.63) is 65.2 Å². The summed E-state index contributed by atoms with van der Waals surface area (Å²) in [6.07, 6.45) is 2.16. The van der Waals surface area contributed by atoms with Crippen LogP contribution >= 0.6 is 0 Å². The van der Waals surface area contributed by atoms with Gasteiger partial charge in [-0.25, -0.2) is 0 Å². The average molecular weight is 588 g/mol. The van der Waals surface area contributed by atoms with Gasteiger partial charge in [0.2, 0.25) is 17.5 Å². The highest BCUT2D eigenvalue weighted by Crippen LogP contribution is 2.47. The first-order chi connectivity index (χ1) is 20.5. The third kappa shape index (κ3) is 4.20. The number of likely N-dealkylation sites (tertiary alicyclic amines) is 1. The van der Waals surface area contributed by atoms with Crippen LogP contribution < -0.4 is 11.1 Å². The lowest BCUT2D eigenvalue weighted by molar-refractivity contribution is -0.315. The number of nitrogen functional groups attached to an aromatic ring is 1. The average Bonchev–Trinajstić information content (AvgIpc) is 3.55. The molecule has 0 aromatic heterocycles. The summed E-state index contributed by atoms with van der Waals surface area (Å²) in [5, 5.41) is 14.9. The minimum atomic E-state index is -2.07. The maximum atomic E-state index is 14.1. The molecule has 3 amide bonds. The number of hydrogen-bond donors (Lipinski definition) is 3. The van der Waals surface area contributed by atoms with Gasteiger partial charge in [-0.05, 0) is 50.4 Å². The molecular formula is C32H37N5O6. The fourth-order valence-electron chi connectivity index (χ4n) is 8.18. The number of anilines is 1. The Labute approximate surface area is 249 Å². The molecule has 0 bridgehead atoms. The van der Waals surface area contributed by atoms with Gasteiger partial charge in [0, 0.05) is 49.1 Å². The molecule has 4 aliphatic heterocycles. The highest BCUT2D eigenvalue weighted by atomic mass is 16.7.